The van der Waals surface area contributed by atoms with Gasteiger partial charge >= 0.3 is 0 Å². The molecule has 0 radical (unpaired) electrons. The summed E-state index contributed by atoms with van der Waals surface area (Å²) in [6, 6.07) is 66.4. The molecule has 5 heteroatoms. The molecule has 0 saturated carbocycles. The first-order valence-electron chi connectivity index (χ1n) is 18.2. The largest absolute Gasteiger partial charge is 0.309 e. The Hall–Kier alpha value is -7.37. The fourth-order valence-electron chi connectivity index (χ4n) is 8.01. The molecule has 0 aliphatic rings. The van der Waals surface area contributed by atoms with Crippen LogP contribution >= 0.6 is 0 Å². The van der Waals surface area contributed by atoms with Crippen LogP contribution in [0.5, 0.6) is 0 Å². The topological polar surface area (TPSA) is 48.5 Å². The van der Waals surface area contributed by atoms with Gasteiger partial charge in [-0.1, -0.05) is 133 Å². The van der Waals surface area contributed by atoms with Crippen LogP contribution in [-0.2, 0) is 0 Å². The van der Waals surface area contributed by atoms with Crippen LogP contribution in [0.2, 0.25) is 0 Å². The third-order valence-electron chi connectivity index (χ3n) is 10.5. The van der Waals surface area contributed by atoms with Gasteiger partial charge in [0.15, 0.2) is 11.6 Å². The Morgan fingerprint density at radius 1 is 0.296 bits per heavy atom. The molecule has 0 bridgehead atoms. The Labute approximate surface area is 311 Å². The lowest BCUT2D eigenvalue weighted by atomic mass is 10.00. The van der Waals surface area contributed by atoms with Gasteiger partial charge in [0.2, 0.25) is 5.95 Å². The zero-order chi connectivity index (χ0) is 35.6. The van der Waals surface area contributed by atoms with E-state index in [-0.39, 0.29) is 0 Å². The van der Waals surface area contributed by atoms with E-state index in [1.54, 1.807) is 0 Å². The van der Waals surface area contributed by atoms with Crippen molar-refractivity contribution in [1.82, 2.24) is 24.1 Å². The minimum absolute atomic E-state index is 0.587. The van der Waals surface area contributed by atoms with Gasteiger partial charge in [-0.3, -0.25) is 4.57 Å². The van der Waals surface area contributed by atoms with Crippen LogP contribution in [0.1, 0.15) is 0 Å². The van der Waals surface area contributed by atoms with Gasteiger partial charge in [-0.15, -0.1) is 0 Å². The predicted molar refractivity (Wildman–Crippen MR) is 222 cm³/mol. The van der Waals surface area contributed by atoms with E-state index in [0.717, 1.165) is 44.2 Å². The molecule has 0 unspecified atom stereocenters. The number of para-hydroxylation sites is 2. The van der Waals surface area contributed by atoms with E-state index in [0.29, 0.717) is 17.6 Å². The Morgan fingerprint density at radius 2 is 0.778 bits per heavy atom. The molecule has 0 aliphatic heterocycles. The van der Waals surface area contributed by atoms with Crippen molar-refractivity contribution in [2.75, 3.05) is 0 Å². The second-order valence-electron chi connectivity index (χ2n) is 13.7. The lowest BCUT2D eigenvalue weighted by Crippen LogP contribution is -2.06. The first-order valence-corrected chi connectivity index (χ1v) is 18.2. The zero-order valence-corrected chi connectivity index (χ0v) is 29.1. The molecule has 0 N–H and O–H groups in total. The highest BCUT2D eigenvalue weighted by atomic mass is 15.2. The van der Waals surface area contributed by atoms with Crippen LogP contribution in [0.15, 0.2) is 188 Å². The maximum absolute atomic E-state index is 5.10. The van der Waals surface area contributed by atoms with E-state index in [4.69, 9.17) is 15.0 Å². The molecule has 3 heterocycles. The fourth-order valence-corrected chi connectivity index (χ4v) is 8.01. The molecule has 252 valence electrons. The summed E-state index contributed by atoms with van der Waals surface area (Å²) < 4.78 is 4.57. The monoisotopic (exact) mass is 689 g/mol. The van der Waals surface area contributed by atoms with E-state index < -0.39 is 0 Å². The summed E-state index contributed by atoms with van der Waals surface area (Å²) in [5.41, 5.74) is 9.83. The van der Waals surface area contributed by atoms with Crippen LogP contribution in [0.25, 0.3) is 99.9 Å². The summed E-state index contributed by atoms with van der Waals surface area (Å²) in [4.78, 5) is 15.2. The summed E-state index contributed by atoms with van der Waals surface area (Å²) >= 11 is 0. The normalized spacial score (nSPS) is 11.7. The van der Waals surface area contributed by atoms with E-state index in [1.165, 1.54) is 38.1 Å². The lowest BCUT2D eigenvalue weighted by Gasteiger charge is -2.11. The van der Waals surface area contributed by atoms with Gasteiger partial charge in [0, 0.05) is 38.4 Å². The van der Waals surface area contributed by atoms with Gasteiger partial charge in [0.1, 0.15) is 0 Å². The van der Waals surface area contributed by atoms with Crippen LogP contribution in [0.4, 0.5) is 0 Å². The highest BCUT2D eigenvalue weighted by Gasteiger charge is 2.19. The van der Waals surface area contributed by atoms with Crippen LogP contribution in [-0.4, -0.2) is 24.1 Å². The van der Waals surface area contributed by atoms with Crippen molar-refractivity contribution in [3.63, 3.8) is 0 Å². The summed E-state index contributed by atoms with van der Waals surface area (Å²) in [7, 11) is 0. The Kier molecular flexibility index (Phi) is 6.79. The SMILES string of the molecule is c1ccc(-c2nc(-c3ccccc3)nc(-n3c4ccccc4c4cc(-c5ccc6c(c5)c5cc7ccccc7cc5n6-c5ccccc5)ccc43)n2)cc1. The summed E-state index contributed by atoms with van der Waals surface area (Å²) in [5, 5.41) is 7.23. The smallest absolute Gasteiger partial charge is 0.238 e. The predicted octanol–water partition coefficient (Wildman–Crippen LogP) is 12.2. The Balaban J connectivity index is 1.12. The van der Waals surface area contributed by atoms with Crippen LogP contribution < -0.4 is 0 Å². The fraction of sp³-hybridized carbons (Fsp3) is 0. The van der Waals surface area contributed by atoms with E-state index in [1.807, 2.05) is 60.7 Å². The average molecular weight is 690 g/mol. The van der Waals surface area contributed by atoms with Crippen molar-refractivity contribution in [1.29, 1.82) is 0 Å². The molecule has 0 spiro atoms. The quantitative estimate of drug-likeness (QED) is 0.181. The molecule has 54 heavy (non-hydrogen) atoms. The van der Waals surface area contributed by atoms with E-state index in [9.17, 15) is 0 Å². The minimum atomic E-state index is 0.587. The zero-order valence-electron chi connectivity index (χ0n) is 29.1. The highest BCUT2D eigenvalue weighted by Crippen LogP contribution is 2.39. The standard InChI is InChI=1S/C49H31N5/c1-4-14-32(15-5-1)47-50-48(33-16-6-2-7-17-33)52-49(51-47)54-43-23-13-12-22-39(43)40-29-36(25-27-45(40)54)37-24-26-44-41(30-37)42-28-34-18-10-11-19-35(34)31-46(42)53(44)38-20-8-3-9-21-38/h1-31H. The summed E-state index contributed by atoms with van der Waals surface area (Å²) in [6.07, 6.45) is 0. The van der Waals surface area contributed by atoms with E-state index in [2.05, 4.69) is 137 Å². The second kappa shape index (κ2) is 12.1. The van der Waals surface area contributed by atoms with Crippen molar-refractivity contribution in [3.8, 4) is 45.5 Å². The molecule has 5 nitrogen and oxygen atoms in total. The molecule has 0 atom stereocenters. The number of aromatic nitrogens is 5. The van der Waals surface area contributed by atoms with Gasteiger partial charge in [-0.05, 0) is 76.5 Å². The number of hydrogen-bond acceptors (Lipinski definition) is 3. The number of benzene rings is 8. The van der Waals surface area contributed by atoms with E-state index >= 15 is 0 Å². The third kappa shape index (κ3) is 4.83. The van der Waals surface area contributed by atoms with Gasteiger partial charge in [0.05, 0.1) is 22.1 Å². The molecule has 8 aromatic carbocycles. The molecule has 0 saturated heterocycles. The molecule has 0 fully saturated rings. The maximum atomic E-state index is 5.10. The highest BCUT2D eigenvalue weighted by molar-refractivity contribution is 6.15. The minimum Gasteiger partial charge on any atom is -0.309 e. The molecular weight excluding hydrogens is 659 g/mol. The molecule has 11 rings (SSSR count). The Bertz CT molecular complexity index is 3140. The number of fused-ring (bicyclic) bond motifs is 7. The van der Waals surface area contributed by atoms with Crippen molar-refractivity contribution < 1.29 is 0 Å². The van der Waals surface area contributed by atoms with Gasteiger partial charge in [0.25, 0.3) is 0 Å². The summed E-state index contributed by atoms with van der Waals surface area (Å²) in [5.74, 6) is 1.86. The molecule has 3 aromatic heterocycles. The first kappa shape index (κ1) is 30.3. The van der Waals surface area contributed by atoms with Crippen LogP contribution in [0.3, 0.4) is 0 Å². The number of hydrogen-bond donors (Lipinski definition) is 0. The molecule has 0 amide bonds. The molecule has 11 aromatic rings. The number of rotatable bonds is 5. The number of nitrogens with zero attached hydrogens (tertiary/aromatic N) is 5. The van der Waals surface area contributed by atoms with Crippen molar-refractivity contribution in [2.45, 2.75) is 0 Å². The first-order chi connectivity index (χ1) is 26.8. The summed E-state index contributed by atoms with van der Waals surface area (Å²) in [6.45, 7) is 0. The van der Waals surface area contributed by atoms with Gasteiger partial charge in [-0.2, -0.15) is 9.97 Å². The van der Waals surface area contributed by atoms with Crippen molar-refractivity contribution >= 4 is 54.4 Å². The molecular formula is C49H31N5. The van der Waals surface area contributed by atoms with Crippen LogP contribution in [0, 0.1) is 0 Å². The lowest BCUT2D eigenvalue weighted by molar-refractivity contribution is 0.953. The van der Waals surface area contributed by atoms with Crippen molar-refractivity contribution in [2.24, 2.45) is 0 Å². The van der Waals surface area contributed by atoms with Crippen molar-refractivity contribution in [3.05, 3.63) is 188 Å². The molecule has 0 aliphatic carbocycles. The van der Waals surface area contributed by atoms with Gasteiger partial charge < -0.3 is 4.57 Å². The third-order valence-corrected chi connectivity index (χ3v) is 10.5. The Morgan fingerprint density at radius 3 is 1.43 bits per heavy atom. The van der Waals surface area contributed by atoms with Gasteiger partial charge in [-0.25, -0.2) is 4.98 Å². The maximum Gasteiger partial charge on any atom is 0.238 e. The average Bonchev–Trinajstić information content (AvgIpc) is 3.75. The second-order valence-corrected chi connectivity index (χ2v) is 13.7.